The average Bonchev–Trinajstić information content (AvgIpc) is 3.13. The number of alkyl halides is 2. The van der Waals surface area contributed by atoms with Crippen LogP contribution in [0.3, 0.4) is 0 Å². The number of piperidine rings is 1. The van der Waals surface area contributed by atoms with Crippen molar-refractivity contribution in [1.82, 2.24) is 24.5 Å². The van der Waals surface area contributed by atoms with Gasteiger partial charge in [0.1, 0.15) is 6.33 Å². The number of aromatic nitrogens is 4. The van der Waals surface area contributed by atoms with E-state index in [9.17, 15) is 13.6 Å². The number of hydrogen-bond donors (Lipinski definition) is 0. The third kappa shape index (κ3) is 3.83. The molecule has 152 valence electrons. The first-order valence-corrected chi connectivity index (χ1v) is 9.68. The number of fused-ring (bicyclic) bond motifs is 1. The van der Waals surface area contributed by atoms with Gasteiger partial charge in [-0.3, -0.25) is 4.79 Å². The summed E-state index contributed by atoms with van der Waals surface area (Å²) in [5.74, 6) is -3.23. The average molecular weight is 399 g/mol. The van der Waals surface area contributed by atoms with E-state index in [-0.39, 0.29) is 18.9 Å². The summed E-state index contributed by atoms with van der Waals surface area (Å²) in [4.78, 5) is 22.6. The molecule has 4 rings (SSSR count). The summed E-state index contributed by atoms with van der Waals surface area (Å²) in [6.45, 7) is 5.53. The van der Waals surface area contributed by atoms with Gasteiger partial charge in [-0.05, 0) is 36.6 Å². The lowest BCUT2D eigenvalue weighted by molar-refractivity contribution is -0.0641. The Morgan fingerprint density at radius 3 is 2.66 bits per heavy atom. The number of rotatable bonds is 3. The summed E-state index contributed by atoms with van der Waals surface area (Å²) in [7, 11) is 0. The van der Waals surface area contributed by atoms with Gasteiger partial charge in [-0.1, -0.05) is 26.0 Å². The second kappa shape index (κ2) is 7.17. The second-order valence-corrected chi connectivity index (χ2v) is 8.01. The first kappa shape index (κ1) is 19.4. The van der Waals surface area contributed by atoms with Gasteiger partial charge in [0.05, 0.1) is 12.2 Å². The van der Waals surface area contributed by atoms with Gasteiger partial charge in [0, 0.05) is 30.1 Å². The fourth-order valence-electron chi connectivity index (χ4n) is 3.90. The lowest BCUT2D eigenvalue weighted by atomic mass is 9.91. The zero-order valence-electron chi connectivity index (χ0n) is 16.6. The van der Waals surface area contributed by atoms with E-state index in [2.05, 4.69) is 28.9 Å². The lowest BCUT2D eigenvalue weighted by Gasteiger charge is -2.37. The Morgan fingerprint density at radius 2 is 1.97 bits per heavy atom. The Labute approximate surface area is 167 Å². The molecule has 1 aromatic carbocycles. The molecule has 0 radical (unpaired) electrons. The second-order valence-electron chi connectivity index (χ2n) is 8.01. The first-order chi connectivity index (χ1) is 13.7. The Morgan fingerprint density at radius 1 is 1.24 bits per heavy atom. The quantitative estimate of drug-likeness (QED) is 0.672. The molecule has 0 bridgehead atoms. The van der Waals surface area contributed by atoms with E-state index in [1.807, 2.05) is 12.1 Å². The molecule has 1 saturated heterocycles. The number of carbonyl (C=O) groups is 1. The summed E-state index contributed by atoms with van der Waals surface area (Å²) in [5, 5.41) is 4.13. The zero-order valence-corrected chi connectivity index (χ0v) is 16.6. The van der Waals surface area contributed by atoms with E-state index >= 15 is 0 Å². The molecular formula is C21H23F2N5O. The molecule has 1 atom stereocenters. The maximum atomic E-state index is 14.6. The van der Waals surface area contributed by atoms with Crippen LogP contribution in [0, 0.1) is 6.92 Å². The van der Waals surface area contributed by atoms with Crippen LogP contribution < -0.4 is 0 Å². The van der Waals surface area contributed by atoms with Crippen LogP contribution in [-0.4, -0.2) is 49.4 Å². The van der Waals surface area contributed by atoms with Crippen LogP contribution in [0.2, 0.25) is 0 Å². The van der Waals surface area contributed by atoms with Crippen molar-refractivity contribution in [1.29, 1.82) is 0 Å². The number of benzene rings is 1. The molecule has 3 heterocycles. The minimum atomic E-state index is -2.99. The van der Waals surface area contributed by atoms with Crippen LogP contribution in [-0.2, 0) is 0 Å². The number of nitrogens with zero attached hydrogens (tertiary/aromatic N) is 5. The van der Waals surface area contributed by atoms with E-state index in [0.717, 1.165) is 5.56 Å². The standard InChI is InChI=1S/C21H23F2N5O/c1-13(2)15-4-6-16(7-5-15)19(29)27-10-17(9-21(22,23)11-27)18-8-14(3)26-20-24-12-25-28(18)20/h4-8,12-13,17H,9-11H2,1-3H3. The molecule has 8 heteroatoms. The third-order valence-electron chi connectivity index (χ3n) is 5.35. The van der Waals surface area contributed by atoms with Gasteiger partial charge in [0.25, 0.3) is 17.6 Å². The fraction of sp³-hybridized carbons (Fsp3) is 0.429. The van der Waals surface area contributed by atoms with Crippen molar-refractivity contribution in [2.45, 2.75) is 45.0 Å². The van der Waals surface area contributed by atoms with Crippen LogP contribution >= 0.6 is 0 Å². The van der Waals surface area contributed by atoms with Crippen molar-refractivity contribution < 1.29 is 13.6 Å². The maximum absolute atomic E-state index is 14.6. The molecule has 0 saturated carbocycles. The molecule has 0 spiro atoms. The lowest BCUT2D eigenvalue weighted by Crippen LogP contribution is -2.49. The van der Waals surface area contributed by atoms with E-state index in [4.69, 9.17) is 0 Å². The van der Waals surface area contributed by atoms with Crippen LogP contribution in [0.15, 0.2) is 36.7 Å². The van der Waals surface area contributed by atoms with Gasteiger partial charge >= 0.3 is 0 Å². The highest BCUT2D eigenvalue weighted by Gasteiger charge is 2.43. The summed E-state index contributed by atoms with van der Waals surface area (Å²) >= 11 is 0. The molecule has 2 aromatic heterocycles. The van der Waals surface area contributed by atoms with Crippen LogP contribution in [0.25, 0.3) is 5.78 Å². The van der Waals surface area contributed by atoms with Gasteiger partial charge in [0.2, 0.25) is 0 Å². The molecule has 6 nitrogen and oxygen atoms in total. The minimum absolute atomic E-state index is 0.193. The van der Waals surface area contributed by atoms with Crippen molar-refractivity contribution in [2.24, 2.45) is 0 Å². The summed E-state index contributed by atoms with van der Waals surface area (Å²) in [5.41, 5.74) is 2.79. The van der Waals surface area contributed by atoms with Gasteiger partial charge in [0.15, 0.2) is 0 Å². The Hall–Kier alpha value is -2.90. The van der Waals surface area contributed by atoms with Crippen molar-refractivity contribution >= 4 is 11.7 Å². The van der Waals surface area contributed by atoms with E-state index < -0.39 is 18.4 Å². The predicted octanol–water partition coefficient (Wildman–Crippen LogP) is 3.82. The van der Waals surface area contributed by atoms with Crippen molar-refractivity contribution in [3.63, 3.8) is 0 Å². The first-order valence-electron chi connectivity index (χ1n) is 9.68. The molecule has 3 aromatic rings. The van der Waals surface area contributed by atoms with E-state index in [1.54, 1.807) is 25.1 Å². The SMILES string of the molecule is Cc1cc(C2CN(C(=O)c3ccc(C(C)C)cc3)CC(F)(F)C2)n2ncnc2n1. The third-order valence-corrected chi connectivity index (χ3v) is 5.35. The summed E-state index contributed by atoms with van der Waals surface area (Å²) in [6, 6.07) is 8.93. The molecule has 1 amide bonds. The molecule has 1 fully saturated rings. The van der Waals surface area contributed by atoms with Crippen molar-refractivity contribution in [3.8, 4) is 0 Å². The van der Waals surface area contributed by atoms with Crippen LogP contribution in [0.1, 0.15) is 59.4 Å². The highest BCUT2D eigenvalue weighted by Crippen LogP contribution is 2.36. The van der Waals surface area contributed by atoms with Crippen molar-refractivity contribution in [3.05, 3.63) is 59.2 Å². The Kier molecular flexibility index (Phi) is 4.80. The number of likely N-dealkylation sites (tertiary alicyclic amines) is 1. The monoisotopic (exact) mass is 399 g/mol. The number of halogens is 2. The summed E-state index contributed by atoms with van der Waals surface area (Å²) in [6.07, 6.45) is 1.01. The molecule has 1 unspecified atom stereocenters. The van der Waals surface area contributed by atoms with Gasteiger partial charge in [-0.2, -0.15) is 10.1 Å². The van der Waals surface area contributed by atoms with E-state index in [1.165, 1.54) is 15.7 Å². The molecule has 29 heavy (non-hydrogen) atoms. The molecule has 0 aliphatic carbocycles. The number of carbonyl (C=O) groups excluding carboxylic acids is 1. The Bertz CT molecular complexity index is 1040. The van der Waals surface area contributed by atoms with Crippen LogP contribution in [0.5, 0.6) is 0 Å². The molecule has 1 aliphatic heterocycles. The topological polar surface area (TPSA) is 63.4 Å². The van der Waals surface area contributed by atoms with Crippen LogP contribution in [0.4, 0.5) is 8.78 Å². The number of amides is 1. The number of hydrogen-bond acceptors (Lipinski definition) is 4. The fourth-order valence-corrected chi connectivity index (χ4v) is 3.90. The smallest absolute Gasteiger partial charge is 0.266 e. The Balaban J connectivity index is 1.65. The van der Waals surface area contributed by atoms with E-state index in [0.29, 0.717) is 28.6 Å². The minimum Gasteiger partial charge on any atom is -0.332 e. The highest BCUT2D eigenvalue weighted by molar-refractivity contribution is 5.94. The highest BCUT2D eigenvalue weighted by atomic mass is 19.3. The van der Waals surface area contributed by atoms with Gasteiger partial charge in [-0.15, -0.1) is 0 Å². The largest absolute Gasteiger partial charge is 0.332 e. The number of aryl methyl sites for hydroxylation is 1. The molecular weight excluding hydrogens is 376 g/mol. The summed E-state index contributed by atoms with van der Waals surface area (Å²) < 4.78 is 30.7. The maximum Gasteiger partial charge on any atom is 0.266 e. The normalized spacial score (nSPS) is 19.1. The molecule has 0 N–H and O–H groups in total. The van der Waals surface area contributed by atoms with Crippen molar-refractivity contribution in [2.75, 3.05) is 13.1 Å². The van der Waals surface area contributed by atoms with Gasteiger partial charge < -0.3 is 4.90 Å². The van der Waals surface area contributed by atoms with Gasteiger partial charge in [-0.25, -0.2) is 18.3 Å². The molecule has 1 aliphatic rings. The predicted molar refractivity (Wildman–Crippen MR) is 104 cm³/mol. The zero-order chi connectivity index (χ0) is 20.8.